The molecule has 5 nitrogen and oxygen atoms in total. The Hall–Kier alpha value is -1.96. The molecule has 148 valence electrons. The fourth-order valence-corrected chi connectivity index (χ4v) is 4.13. The van der Waals surface area contributed by atoms with Gasteiger partial charge in [-0.15, -0.1) is 13.2 Å². The summed E-state index contributed by atoms with van der Waals surface area (Å²) >= 11 is 0. The van der Waals surface area contributed by atoms with E-state index in [4.69, 9.17) is 4.74 Å². The molecule has 0 radical (unpaired) electrons. The zero-order valence-electron chi connectivity index (χ0n) is 15.1. The van der Waals surface area contributed by atoms with Gasteiger partial charge in [-0.25, -0.2) is 0 Å². The maximum Gasteiger partial charge on any atom is 0.573 e. The van der Waals surface area contributed by atoms with Gasteiger partial charge in [-0.05, 0) is 44.2 Å². The molecule has 2 heterocycles. The van der Waals surface area contributed by atoms with Crippen molar-refractivity contribution in [3.8, 4) is 5.75 Å². The number of alkyl halides is 3. The molecular formula is C19H24F3N3O2. The van der Waals surface area contributed by atoms with Gasteiger partial charge in [-0.3, -0.25) is 4.99 Å². The molecule has 4 rings (SSSR count). The van der Waals surface area contributed by atoms with Crippen LogP contribution in [0.3, 0.4) is 0 Å². The highest BCUT2D eigenvalue weighted by Crippen LogP contribution is 2.45. The Kier molecular flexibility index (Phi) is 4.92. The van der Waals surface area contributed by atoms with Crippen molar-refractivity contribution in [1.82, 2.24) is 10.6 Å². The monoisotopic (exact) mass is 383 g/mol. The van der Waals surface area contributed by atoms with Gasteiger partial charge < -0.3 is 20.1 Å². The predicted octanol–water partition coefficient (Wildman–Crippen LogP) is 3.32. The lowest BCUT2D eigenvalue weighted by Gasteiger charge is -2.23. The predicted molar refractivity (Wildman–Crippen MR) is 94.8 cm³/mol. The van der Waals surface area contributed by atoms with Crippen molar-refractivity contribution in [2.24, 2.45) is 4.99 Å². The molecule has 2 N–H and O–H groups in total. The van der Waals surface area contributed by atoms with Crippen LogP contribution in [0.5, 0.6) is 5.75 Å². The van der Waals surface area contributed by atoms with Gasteiger partial charge in [-0.2, -0.15) is 0 Å². The molecule has 5 atom stereocenters. The largest absolute Gasteiger partial charge is 0.573 e. The van der Waals surface area contributed by atoms with Crippen LogP contribution in [0.1, 0.15) is 44.1 Å². The molecule has 8 heteroatoms. The van der Waals surface area contributed by atoms with Gasteiger partial charge >= 0.3 is 6.36 Å². The van der Waals surface area contributed by atoms with Crippen LogP contribution in [0.25, 0.3) is 0 Å². The molecule has 2 saturated heterocycles. The minimum atomic E-state index is -4.69. The minimum Gasteiger partial charge on any atom is -0.405 e. The molecule has 1 aliphatic carbocycles. The van der Waals surface area contributed by atoms with E-state index in [2.05, 4.69) is 20.4 Å². The van der Waals surface area contributed by atoms with Crippen molar-refractivity contribution in [3.63, 3.8) is 0 Å². The molecule has 3 aliphatic rings. The fraction of sp³-hybridized carbons (Fsp3) is 0.632. The number of hydrogen-bond donors (Lipinski definition) is 2. The Balaban J connectivity index is 1.39. The van der Waals surface area contributed by atoms with E-state index in [1.165, 1.54) is 6.07 Å². The van der Waals surface area contributed by atoms with Gasteiger partial charge in [0.1, 0.15) is 5.75 Å². The Bertz CT molecular complexity index is 710. The Morgan fingerprint density at radius 2 is 1.96 bits per heavy atom. The fourth-order valence-electron chi connectivity index (χ4n) is 4.13. The van der Waals surface area contributed by atoms with Crippen LogP contribution in [-0.4, -0.2) is 43.2 Å². The first kappa shape index (κ1) is 18.4. The average molecular weight is 383 g/mol. The minimum absolute atomic E-state index is 0.0244. The number of benzene rings is 1. The molecule has 3 fully saturated rings. The van der Waals surface area contributed by atoms with E-state index in [1.807, 2.05) is 6.92 Å². The van der Waals surface area contributed by atoms with Crippen LogP contribution in [0.2, 0.25) is 0 Å². The maximum absolute atomic E-state index is 12.6. The summed E-state index contributed by atoms with van der Waals surface area (Å²) in [6.07, 6.45) is -0.203. The second-order valence-corrected chi connectivity index (χ2v) is 7.36. The highest BCUT2D eigenvalue weighted by atomic mass is 19.4. The standard InChI is InChI=1S/C19H24F3N3O2/c1-2-23-18(25-15-9-11-7-8-17(15)26-11)24-14-10-13(14)12-5-3-4-6-16(12)27-19(20,21)22/h3-6,11,13-15,17H,2,7-10H2,1H3,(H2,23,24,25). The van der Waals surface area contributed by atoms with E-state index < -0.39 is 6.36 Å². The smallest absolute Gasteiger partial charge is 0.405 e. The van der Waals surface area contributed by atoms with Crippen molar-refractivity contribution < 1.29 is 22.6 Å². The highest BCUT2D eigenvalue weighted by Gasteiger charge is 2.44. The number of rotatable bonds is 5. The van der Waals surface area contributed by atoms with Gasteiger partial charge in [0.2, 0.25) is 0 Å². The summed E-state index contributed by atoms with van der Waals surface area (Å²) in [6.45, 7) is 2.58. The van der Waals surface area contributed by atoms with Gasteiger partial charge in [0.05, 0.1) is 18.2 Å². The van der Waals surface area contributed by atoms with E-state index in [0.717, 1.165) is 25.7 Å². The summed E-state index contributed by atoms with van der Waals surface area (Å²) in [4.78, 5) is 4.49. The quantitative estimate of drug-likeness (QED) is 0.605. The molecule has 5 unspecified atom stereocenters. The first-order valence-electron chi connectivity index (χ1n) is 9.50. The van der Waals surface area contributed by atoms with Crippen LogP contribution < -0.4 is 15.4 Å². The summed E-state index contributed by atoms with van der Waals surface area (Å²) < 4.78 is 48.0. The van der Waals surface area contributed by atoms with E-state index in [9.17, 15) is 13.2 Å². The first-order chi connectivity index (χ1) is 12.9. The van der Waals surface area contributed by atoms with Crippen LogP contribution in [0.15, 0.2) is 29.3 Å². The molecular weight excluding hydrogens is 359 g/mol. The van der Waals surface area contributed by atoms with Gasteiger partial charge in [-0.1, -0.05) is 18.2 Å². The summed E-state index contributed by atoms with van der Waals surface area (Å²) in [7, 11) is 0. The second kappa shape index (κ2) is 7.22. The number of fused-ring (bicyclic) bond motifs is 2. The van der Waals surface area contributed by atoms with Crippen LogP contribution in [0, 0.1) is 0 Å². The SMILES string of the molecule is CCN=C(NC1CC2CCC1O2)NC1CC1c1ccccc1OC(F)(F)F. The lowest BCUT2D eigenvalue weighted by atomic mass is 9.96. The number of halogens is 3. The normalized spacial score (nSPS) is 32.4. The van der Waals surface area contributed by atoms with Gasteiger partial charge in [0.25, 0.3) is 0 Å². The van der Waals surface area contributed by atoms with Crippen LogP contribution >= 0.6 is 0 Å². The third-order valence-electron chi connectivity index (χ3n) is 5.40. The summed E-state index contributed by atoms with van der Waals surface area (Å²) in [5.74, 6) is 0.562. The number of para-hydroxylation sites is 1. The van der Waals surface area contributed by atoms with Gasteiger partial charge in [0.15, 0.2) is 5.96 Å². The average Bonchev–Trinajstić information content (AvgIpc) is 3.03. The second-order valence-electron chi connectivity index (χ2n) is 7.36. The number of guanidine groups is 1. The topological polar surface area (TPSA) is 54.9 Å². The first-order valence-corrected chi connectivity index (χ1v) is 9.50. The molecule has 1 saturated carbocycles. The lowest BCUT2D eigenvalue weighted by Crippen LogP contribution is -2.48. The summed E-state index contributed by atoms with van der Waals surface area (Å²) in [5.41, 5.74) is 0.575. The van der Waals surface area contributed by atoms with Crippen LogP contribution in [-0.2, 0) is 4.74 Å². The Morgan fingerprint density at radius 1 is 1.19 bits per heavy atom. The molecule has 0 aromatic heterocycles. The number of nitrogens with one attached hydrogen (secondary N) is 2. The molecule has 27 heavy (non-hydrogen) atoms. The molecule has 0 spiro atoms. The van der Waals surface area contributed by atoms with Crippen molar-refractivity contribution in [1.29, 1.82) is 0 Å². The molecule has 2 aliphatic heterocycles. The number of hydrogen-bond acceptors (Lipinski definition) is 3. The number of nitrogens with zero attached hydrogens (tertiary/aromatic N) is 1. The number of ether oxygens (including phenoxy) is 2. The summed E-state index contributed by atoms with van der Waals surface area (Å²) in [5, 5.41) is 6.81. The van der Waals surface area contributed by atoms with Crippen molar-refractivity contribution in [2.45, 2.75) is 69.2 Å². The highest BCUT2D eigenvalue weighted by molar-refractivity contribution is 5.81. The van der Waals surface area contributed by atoms with Crippen molar-refractivity contribution >= 4 is 5.96 Å². The summed E-state index contributed by atoms with van der Waals surface area (Å²) in [6, 6.07) is 6.64. The zero-order valence-corrected chi connectivity index (χ0v) is 15.1. The third-order valence-corrected chi connectivity index (χ3v) is 5.40. The molecule has 1 aromatic carbocycles. The van der Waals surface area contributed by atoms with Crippen molar-refractivity contribution in [3.05, 3.63) is 29.8 Å². The van der Waals surface area contributed by atoms with Gasteiger partial charge in [0, 0.05) is 18.5 Å². The van der Waals surface area contributed by atoms with Crippen molar-refractivity contribution in [2.75, 3.05) is 6.54 Å². The maximum atomic E-state index is 12.6. The molecule has 1 aromatic rings. The van der Waals surface area contributed by atoms with E-state index in [1.54, 1.807) is 18.2 Å². The lowest BCUT2D eigenvalue weighted by molar-refractivity contribution is -0.274. The number of aliphatic imine (C=N–C) groups is 1. The Morgan fingerprint density at radius 3 is 2.63 bits per heavy atom. The third kappa shape index (κ3) is 4.31. The Labute approximate surface area is 156 Å². The van der Waals surface area contributed by atoms with Crippen LogP contribution in [0.4, 0.5) is 13.2 Å². The molecule has 0 amide bonds. The molecule has 2 bridgehead atoms. The zero-order chi connectivity index (χ0) is 19.0. The van der Waals surface area contributed by atoms with E-state index in [0.29, 0.717) is 24.2 Å². The van der Waals surface area contributed by atoms with E-state index >= 15 is 0 Å². The van der Waals surface area contributed by atoms with E-state index in [-0.39, 0.29) is 29.9 Å².